The highest BCUT2D eigenvalue weighted by molar-refractivity contribution is 6.03. The van der Waals surface area contributed by atoms with Gasteiger partial charge in [0, 0.05) is 12.6 Å². The first-order valence-corrected chi connectivity index (χ1v) is 6.92. The maximum absolute atomic E-state index is 11.9. The third kappa shape index (κ3) is 3.68. The molecule has 6 heteroatoms. The number of nitrogens with zero attached hydrogens (tertiary/aromatic N) is 1. The normalized spacial score (nSPS) is 23.5. The minimum absolute atomic E-state index is 0.140. The van der Waals surface area contributed by atoms with Crippen LogP contribution in [0.3, 0.4) is 0 Å². The van der Waals surface area contributed by atoms with Gasteiger partial charge in [0.1, 0.15) is 0 Å². The molecule has 0 spiro atoms. The summed E-state index contributed by atoms with van der Waals surface area (Å²) in [6, 6.07) is 3.34. The van der Waals surface area contributed by atoms with Crippen LogP contribution in [0.4, 0.5) is 0 Å². The molecule has 1 aromatic heterocycles. The molecular weight excluding hydrogens is 258 g/mol. The van der Waals surface area contributed by atoms with Gasteiger partial charge in [0.15, 0.2) is 5.76 Å². The third-order valence-corrected chi connectivity index (χ3v) is 3.72. The van der Waals surface area contributed by atoms with Gasteiger partial charge in [-0.2, -0.15) is 0 Å². The number of carbonyl (C=O) groups excluding carboxylic acids is 2. The zero-order chi connectivity index (χ0) is 14.5. The van der Waals surface area contributed by atoms with Crippen molar-refractivity contribution in [1.82, 2.24) is 10.2 Å². The van der Waals surface area contributed by atoms with Crippen molar-refractivity contribution in [2.24, 2.45) is 11.7 Å². The molecule has 1 aliphatic heterocycles. The van der Waals surface area contributed by atoms with Crippen molar-refractivity contribution < 1.29 is 14.0 Å². The van der Waals surface area contributed by atoms with E-state index in [1.54, 1.807) is 6.07 Å². The Bertz CT molecular complexity index is 458. The summed E-state index contributed by atoms with van der Waals surface area (Å²) in [6.07, 6.45) is 3.45. The van der Waals surface area contributed by atoms with Crippen LogP contribution in [0.15, 0.2) is 22.8 Å². The van der Waals surface area contributed by atoms with Crippen molar-refractivity contribution in [3.63, 3.8) is 0 Å². The molecular formula is C14H21N3O3. The van der Waals surface area contributed by atoms with E-state index in [4.69, 9.17) is 10.2 Å². The number of rotatable bonds is 4. The molecule has 0 aliphatic carbocycles. The number of furan rings is 1. The van der Waals surface area contributed by atoms with Gasteiger partial charge < -0.3 is 10.2 Å². The van der Waals surface area contributed by atoms with E-state index in [1.807, 2.05) is 4.90 Å². The first kappa shape index (κ1) is 14.7. The molecule has 3 N–H and O–H groups in total. The second-order valence-corrected chi connectivity index (χ2v) is 5.34. The predicted molar refractivity (Wildman–Crippen MR) is 74.0 cm³/mol. The average Bonchev–Trinajstić information content (AvgIpc) is 2.94. The highest BCUT2D eigenvalue weighted by atomic mass is 16.3. The fraction of sp³-hybridized carbons (Fsp3) is 0.571. The van der Waals surface area contributed by atoms with Gasteiger partial charge in [0.2, 0.25) is 5.91 Å². The zero-order valence-electron chi connectivity index (χ0n) is 11.7. The van der Waals surface area contributed by atoms with E-state index >= 15 is 0 Å². The first-order chi connectivity index (χ1) is 9.60. The van der Waals surface area contributed by atoms with Crippen LogP contribution in [0.1, 0.15) is 30.3 Å². The van der Waals surface area contributed by atoms with Crippen LogP contribution in [0.2, 0.25) is 0 Å². The van der Waals surface area contributed by atoms with Crippen LogP contribution in [-0.4, -0.2) is 42.4 Å². The van der Waals surface area contributed by atoms with Crippen LogP contribution >= 0.6 is 0 Å². The molecule has 1 aliphatic rings. The lowest BCUT2D eigenvalue weighted by molar-refractivity contribution is -0.122. The van der Waals surface area contributed by atoms with Gasteiger partial charge in [0.25, 0.3) is 5.91 Å². The number of nitrogens with two attached hydrogens (primary N) is 1. The van der Waals surface area contributed by atoms with Gasteiger partial charge in [-0.3, -0.25) is 19.8 Å². The van der Waals surface area contributed by atoms with E-state index in [2.05, 4.69) is 12.2 Å². The molecule has 2 atom stereocenters. The molecule has 1 fully saturated rings. The fourth-order valence-corrected chi connectivity index (χ4v) is 2.57. The van der Waals surface area contributed by atoms with E-state index in [0.717, 1.165) is 19.4 Å². The number of piperidine rings is 1. The quantitative estimate of drug-likeness (QED) is 0.842. The Balaban J connectivity index is 1.86. The number of carbonyl (C=O) groups is 2. The van der Waals surface area contributed by atoms with Crippen molar-refractivity contribution in [3.8, 4) is 0 Å². The minimum atomic E-state index is -0.505. The van der Waals surface area contributed by atoms with E-state index in [1.165, 1.54) is 12.3 Å². The molecule has 0 bridgehead atoms. The van der Waals surface area contributed by atoms with Crippen LogP contribution in [0, 0.1) is 5.92 Å². The molecule has 2 heterocycles. The molecule has 0 radical (unpaired) electrons. The zero-order valence-corrected chi connectivity index (χ0v) is 11.7. The third-order valence-electron chi connectivity index (χ3n) is 3.72. The summed E-state index contributed by atoms with van der Waals surface area (Å²) in [5, 5.41) is 2.33. The summed E-state index contributed by atoms with van der Waals surface area (Å²) in [4.78, 5) is 25.6. The number of imide groups is 1. The van der Waals surface area contributed by atoms with Gasteiger partial charge in [-0.05, 0) is 37.4 Å². The Morgan fingerprint density at radius 2 is 2.35 bits per heavy atom. The Hall–Kier alpha value is -1.66. The maximum atomic E-state index is 11.9. The lowest BCUT2D eigenvalue weighted by Gasteiger charge is -2.37. The fourth-order valence-electron chi connectivity index (χ4n) is 2.57. The van der Waals surface area contributed by atoms with Gasteiger partial charge in [-0.15, -0.1) is 0 Å². The standard InChI is InChI=1S/C14H21N3O3/c1-10-4-5-17(11(7-10)8-15)9-13(18)16-14(19)12-3-2-6-20-12/h2-3,6,10-11H,4-5,7-9,15H2,1H3,(H,16,18,19). The van der Waals surface area contributed by atoms with Crippen molar-refractivity contribution >= 4 is 11.8 Å². The first-order valence-electron chi connectivity index (χ1n) is 6.92. The van der Waals surface area contributed by atoms with E-state index in [0.29, 0.717) is 12.5 Å². The van der Waals surface area contributed by atoms with Crippen LogP contribution in [0.5, 0.6) is 0 Å². The molecule has 110 valence electrons. The molecule has 0 aromatic carbocycles. The molecule has 1 saturated heterocycles. The van der Waals surface area contributed by atoms with E-state index in [9.17, 15) is 9.59 Å². The Morgan fingerprint density at radius 3 is 3.00 bits per heavy atom. The van der Waals surface area contributed by atoms with Crippen LogP contribution in [-0.2, 0) is 4.79 Å². The highest BCUT2D eigenvalue weighted by Gasteiger charge is 2.27. The summed E-state index contributed by atoms with van der Waals surface area (Å²) in [7, 11) is 0. The molecule has 0 saturated carbocycles. The van der Waals surface area contributed by atoms with Gasteiger partial charge in [0.05, 0.1) is 12.8 Å². The van der Waals surface area contributed by atoms with Gasteiger partial charge in [-0.1, -0.05) is 6.92 Å². The monoisotopic (exact) mass is 279 g/mol. The molecule has 6 nitrogen and oxygen atoms in total. The summed E-state index contributed by atoms with van der Waals surface area (Å²) in [5.74, 6) is -0.0531. The van der Waals surface area contributed by atoms with Crippen molar-refractivity contribution in [2.75, 3.05) is 19.6 Å². The lowest BCUT2D eigenvalue weighted by Crippen LogP contribution is -2.50. The van der Waals surface area contributed by atoms with Gasteiger partial charge in [-0.25, -0.2) is 0 Å². The van der Waals surface area contributed by atoms with E-state index in [-0.39, 0.29) is 24.3 Å². The second-order valence-electron chi connectivity index (χ2n) is 5.34. The topological polar surface area (TPSA) is 88.6 Å². The van der Waals surface area contributed by atoms with E-state index < -0.39 is 5.91 Å². The molecule has 1 aromatic rings. The van der Waals surface area contributed by atoms with Crippen molar-refractivity contribution in [1.29, 1.82) is 0 Å². The summed E-state index contributed by atoms with van der Waals surface area (Å²) >= 11 is 0. The Morgan fingerprint density at radius 1 is 1.55 bits per heavy atom. The predicted octanol–water partition coefficient (Wildman–Crippen LogP) is 0.595. The summed E-state index contributed by atoms with van der Waals surface area (Å²) in [5.41, 5.74) is 5.75. The van der Waals surface area contributed by atoms with Crippen LogP contribution in [0.25, 0.3) is 0 Å². The summed E-state index contributed by atoms with van der Waals surface area (Å²) < 4.78 is 4.94. The second kappa shape index (κ2) is 6.67. The largest absolute Gasteiger partial charge is 0.459 e. The smallest absolute Gasteiger partial charge is 0.293 e. The molecule has 2 unspecified atom stereocenters. The Kier molecular flexibility index (Phi) is 4.92. The number of nitrogens with one attached hydrogen (secondary N) is 1. The van der Waals surface area contributed by atoms with Crippen molar-refractivity contribution in [3.05, 3.63) is 24.2 Å². The maximum Gasteiger partial charge on any atom is 0.293 e. The number of likely N-dealkylation sites (tertiary alicyclic amines) is 1. The summed E-state index contributed by atoms with van der Waals surface area (Å²) in [6.45, 7) is 3.76. The average molecular weight is 279 g/mol. The Labute approximate surface area is 118 Å². The molecule has 20 heavy (non-hydrogen) atoms. The SMILES string of the molecule is CC1CCN(CC(=O)NC(=O)c2ccco2)C(CN)C1. The molecule has 2 amide bonds. The van der Waals surface area contributed by atoms with Gasteiger partial charge >= 0.3 is 0 Å². The molecule has 2 rings (SSSR count). The number of hydrogen-bond acceptors (Lipinski definition) is 5. The lowest BCUT2D eigenvalue weighted by atomic mass is 9.92. The number of hydrogen-bond donors (Lipinski definition) is 2. The number of amides is 2. The van der Waals surface area contributed by atoms with Crippen molar-refractivity contribution in [2.45, 2.75) is 25.8 Å². The highest BCUT2D eigenvalue weighted by Crippen LogP contribution is 2.21. The minimum Gasteiger partial charge on any atom is -0.459 e. The van der Waals surface area contributed by atoms with Crippen LogP contribution < -0.4 is 11.1 Å².